The first-order valence-corrected chi connectivity index (χ1v) is 7.63. The maximum absolute atomic E-state index is 12.4. The molecule has 0 aliphatic heterocycles. The van der Waals surface area contributed by atoms with Crippen LogP contribution in [0.4, 0.5) is 0 Å². The van der Waals surface area contributed by atoms with Crippen LogP contribution in [0, 0.1) is 6.92 Å². The summed E-state index contributed by atoms with van der Waals surface area (Å²) >= 11 is 6.16. The topological polar surface area (TPSA) is 104 Å². The number of aromatic nitrogens is 2. The van der Waals surface area contributed by atoms with E-state index in [2.05, 4.69) is 15.3 Å². The first kappa shape index (κ1) is 16.7. The predicted molar refractivity (Wildman–Crippen MR) is 92.1 cm³/mol. The Morgan fingerprint density at radius 3 is 2.72 bits per heavy atom. The summed E-state index contributed by atoms with van der Waals surface area (Å²) in [6.45, 7) is 1.59. The largest absolute Gasteiger partial charge is 0.379 e. The summed E-state index contributed by atoms with van der Waals surface area (Å²) in [4.78, 5) is 21.4. The van der Waals surface area contributed by atoms with Crippen LogP contribution >= 0.6 is 11.6 Å². The van der Waals surface area contributed by atoms with Gasteiger partial charge in [0.1, 0.15) is 22.7 Å². The van der Waals surface area contributed by atoms with Crippen LogP contribution in [0.3, 0.4) is 0 Å². The molecule has 3 aromatic rings. The lowest BCUT2D eigenvalue weighted by Crippen LogP contribution is -2.16. The Kier molecular flexibility index (Phi) is 4.76. The van der Waals surface area contributed by atoms with E-state index in [-0.39, 0.29) is 22.9 Å². The van der Waals surface area contributed by atoms with Crippen molar-refractivity contribution in [1.82, 2.24) is 10.1 Å². The van der Waals surface area contributed by atoms with Crippen molar-refractivity contribution in [3.63, 3.8) is 0 Å². The number of carbonyl (C=O) groups excluding carboxylic acids is 1. The Hall–Kier alpha value is -3.19. The summed E-state index contributed by atoms with van der Waals surface area (Å²) in [5, 5.41) is 7.96. The van der Waals surface area contributed by atoms with E-state index in [1.165, 1.54) is 0 Å². The number of halogens is 1. The molecule has 0 fully saturated rings. The van der Waals surface area contributed by atoms with E-state index in [1.807, 2.05) is 0 Å². The summed E-state index contributed by atoms with van der Waals surface area (Å²) < 4.78 is 5.12. The maximum Gasteiger partial charge on any atom is 0.371 e. The minimum atomic E-state index is -0.757. The fraction of sp³-hybridized carbons (Fsp3) is 0.0588. The van der Waals surface area contributed by atoms with Gasteiger partial charge in [-0.15, -0.1) is 0 Å². The lowest BCUT2D eigenvalue weighted by atomic mass is 10.1. The quantitative estimate of drug-likeness (QED) is 0.333. The standard InChI is InChI=1S/C17H13ClN4O3/c1-10-14(15(21-24-10)11-6-2-3-7-12(11)18)17(23)25-22-16(19)13-8-4-5-9-20-13/h2-9H,1H3,(H2,19,22). The van der Waals surface area contributed by atoms with Gasteiger partial charge in [0, 0.05) is 11.8 Å². The molecule has 0 amide bonds. The van der Waals surface area contributed by atoms with Crippen molar-refractivity contribution in [2.75, 3.05) is 0 Å². The van der Waals surface area contributed by atoms with Crippen molar-refractivity contribution in [3.8, 4) is 11.3 Å². The Bertz CT molecular complexity index is 938. The molecule has 1 aromatic carbocycles. The number of nitrogens with zero attached hydrogens (tertiary/aromatic N) is 3. The average molecular weight is 357 g/mol. The van der Waals surface area contributed by atoms with E-state index in [0.29, 0.717) is 16.3 Å². The molecule has 25 heavy (non-hydrogen) atoms. The van der Waals surface area contributed by atoms with E-state index < -0.39 is 5.97 Å². The Balaban J connectivity index is 1.89. The van der Waals surface area contributed by atoms with Gasteiger partial charge in [0.05, 0.1) is 5.02 Å². The van der Waals surface area contributed by atoms with Crippen molar-refractivity contribution < 1.29 is 14.2 Å². The van der Waals surface area contributed by atoms with Gasteiger partial charge in [-0.2, -0.15) is 0 Å². The highest BCUT2D eigenvalue weighted by Crippen LogP contribution is 2.31. The van der Waals surface area contributed by atoms with Gasteiger partial charge in [-0.3, -0.25) is 4.98 Å². The van der Waals surface area contributed by atoms with Crippen LogP contribution < -0.4 is 5.73 Å². The number of pyridine rings is 1. The number of carbonyl (C=O) groups is 1. The second-order valence-electron chi connectivity index (χ2n) is 5.01. The first-order valence-electron chi connectivity index (χ1n) is 7.25. The van der Waals surface area contributed by atoms with Gasteiger partial charge in [0.25, 0.3) is 0 Å². The van der Waals surface area contributed by atoms with Crippen LogP contribution in [-0.4, -0.2) is 21.9 Å². The van der Waals surface area contributed by atoms with Gasteiger partial charge >= 0.3 is 5.97 Å². The molecule has 126 valence electrons. The second kappa shape index (κ2) is 7.14. The van der Waals surface area contributed by atoms with Crippen molar-refractivity contribution in [2.45, 2.75) is 6.92 Å². The molecule has 0 atom stereocenters. The molecule has 0 unspecified atom stereocenters. The minimum absolute atomic E-state index is 0.0256. The first-order chi connectivity index (χ1) is 12.1. The third-order valence-electron chi connectivity index (χ3n) is 3.35. The number of nitrogens with two attached hydrogens (primary N) is 1. The highest BCUT2D eigenvalue weighted by atomic mass is 35.5. The number of hydrogen-bond acceptors (Lipinski definition) is 6. The molecule has 0 saturated heterocycles. The van der Waals surface area contributed by atoms with E-state index in [1.54, 1.807) is 55.6 Å². The molecule has 8 heteroatoms. The SMILES string of the molecule is Cc1onc(-c2ccccc2Cl)c1C(=O)O/N=C(/N)c1ccccn1. The molecule has 2 heterocycles. The third-order valence-corrected chi connectivity index (χ3v) is 3.68. The van der Waals surface area contributed by atoms with E-state index in [0.717, 1.165) is 0 Å². The lowest BCUT2D eigenvalue weighted by molar-refractivity contribution is 0.0515. The summed E-state index contributed by atoms with van der Waals surface area (Å²) in [5.41, 5.74) is 7.11. The fourth-order valence-corrected chi connectivity index (χ4v) is 2.37. The Labute approximate surface area is 148 Å². The van der Waals surface area contributed by atoms with Crippen molar-refractivity contribution in [2.24, 2.45) is 10.9 Å². The summed E-state index contributed by atoms with van der Waals surface area (Å²) in [6, 6.07) is 12.1. The normalized spacial score (nSPS) is 11.4. The molecule has 0 radical (unpaired) electrons. The molecule has 0 aliphatic carbocycles. The van der Waals surface area contributed by atoms with Crippen LogP contribution in [0.25, 0.3) is 11.3 Å². The molecule has 2 aromatic heterocycles. The number of aryl methyl sites for hydroxylation is 1. The highest BCUT2D eigenvalue weighted by Gasteiger charge is 2.24. The molecule has 0 bridgehead atoms. The molecule has 0 aliphatic rings. The maximum atomic E-state index is 12.4. The zero-order valence-electron chi connectivity index (χ0n) is 13.1. The van der Waals surface area contributed by atoms with E-state index in [4.69, 9.17) is 26.7 Å². The summed E-state index contributed by atoms with van der Waals surface area (Å²) in [5.74, 6) is -0.499. The van der Waals surface area contributed by atoms with Gasteiger partial charge in [0.15, 0.2) is 5.84 Å². The zero-order chi connectivity index (χ0) is 17.8. The summed E-state index contributed by atoms with van der Waals surface area (Å²) in [7, 11) is 0. The number of rotatable bonds is 4. The number of benzene rings is 1. The molecule has 7 nitrogen and oxygen atoms in total. The van der Waals surface area contributed by atoms with Crippen molar-refractivity contribution in [1.29, 1.82) is 0 Å². The molecule has 3 rings (SSSR count). The van der Waals surface area contributed by atoms with E-state index in [9.17, 15) is 4.79 Å². The van der Waals surface area contributed by atoms with Gasteiger partial charge in [-0.25, -0.2) is 4.79 Å². The van der Waals surface area contributed by atoms with Crippen LogP contribution in [0.15, 0.2) is 58.3 Å². The zero-order valence-corrected chi connectivity index (χ0v) is 13.9. The summed E-state index contributed by atoms with van der Waals surface area (Å²) in [6.07, 6.45) is 1.55. The Morgan fingerprint density at radius 2 is 2.00 bits per heavy atom. The van der Waals surface area contributed by atoms with Gasteiger partial charge in [-0.05, 0) is 25.1 Å². The number of hydrogen-bond donors (Lipinski definition) is 1. The second-order valence-corrected chi connectivity index (χ2v) is 5.42. The minimum Gasteiger partial charge on any atom is -0.379 e. The van der Waals surface area contributed by atoms with Gasteiger partial charge in [-0.1, -0.05) is 46.2 Å². The van der Waals surface area contributed by atoms with Crippen molar-refractivity contribution >= 4 is 23.4 Å². The van der Waals surface area contributed by atoms with Crippen LogP contribution in [-0.2, 0) is 4.84 Å². The molecular formula is C17H13ClN4O3. The van der Waals surface area contributed by atoms with E-state index >= 15 is 0 Å². The van der Waals surface area contributed by atoms with Gasteiger partial charge in [0.2, 0.25) is 0 Å². The monoisotopic (exact) mass is 356 g/mol. The number of oxime groups is 1. The predicted octanol–water partition coefficient (Wildman–Crippen LogP) is 3.18. The fourth-order valence-electron chi connectivity index (χ4n) is 2.15. The number of amidine groups is 1. The van der Waals surface area contributed by atoms with Crippen LogP contribution in [0.5, 0.6) is 0 Å². The van der Waals surface area contributed by atoms with Gasteiger partial charge < -0.3 is 15.1 Å². The lowest BCUT2D eigenvalue weighted by Gasteiger charge is -2.03. The third kappa shape index (κ3) is 3.51. The molecule has 0 spiro atoms. The molecule has 2 N–H and O–H groups in total. The molecule has 0 saturated carbocycles. The van der Waals surface area contributed by atoms with Crippen molar-refractivity contribution in [3.05, 3.63) is 70.7 Å². The molecular weight excluding hydrogens is 344 g/mol. The van der Waals surface area contributed by atoms with Crippen LogP contribution in [0.1, 0.15) is 21.8 Å². The van der Waals surface area contributed by atoms with Crippen LogP contribution in [0.2, 0.25) is 5.02 Å². The highest BCUT2D eigenvalue weighted by molar-refractivity contribution is 6.33. The smallest absolute Gasteiger partial charge is 0.371 e. The average Bonchev–Trinajstić information content (AvgIpc) is 3.02. The Morgan fingerprint density at radius 1 is 1.24 bits per heavy atom.